The standard InChI is InChI=1S/C14H15NO2S/c1-15(10-9-11-5-3-2-4-6-11)13-8-7-12(18-13)14(16)17/h2-8H,9-10H2,1H3,(H,16,17). The zero-order valence-electron chi connectivity index (χ0n) is 10.2. The predicted molar refractivity (Wildman–Crippen MR) is 74.7 cm³/mol. The van der Waals surface area contributed by atoms with Crippen LogP contribution in [0.2, 0.25) is 0 Å². The lowest BCUT2D eigenvalue weighted by Gasteiger charge is -2.16. The van der Waals surface area contributed by atoms with Crippen LogP contribution >= 0.6 is 11.3 Å². The highest BCUT2D eigenvalue weighted by atomic mass is 32.1. The lowest BCUT2D eigenvalue weighted by atomic mass is 10.1. The molecule has 0 aliphatic carbocycles. The zero-order valence-corrected chi connectivity index (χ0v) is 11.0. The number of rotatable bonds is 5. The Bertz CT molecular complexity index is 522. The van der Waals surface area contributed by atoms with Crippen LogP contribution in [0.5, 0.6) is 0 Å². The van der Waals surface area contributed by atoms with Crippen molar-refractivity contribution in [3.8, 4) is 0 Å². The van der Waals surface area contributed by atoms with Gasteiger partial charge < -0.3 is 10.0 Å². The maximum Gasteiger partial charge on any atom is 0.345 e. The zero-order chi connectivity index (χ0) is 13.0. The second-order valence-corrected chi connectivity index (χ2v) is 5.16. The highest BCUT2D eigenvalue weighted by Gasteiger charge is 2.09. The Morgan fingerprint density at radius 2 is 1.94 bits per heavy atom. The second kappa shape index (κ2) is 5.69. The number of aromatic carboxylic acids is 1. The molecule has 94 valence electrons. The molecule has 0 unspecified atom stereocenters. The molecule has 0 fully saturated rings. The molecule has 1 N–H and O–H groups in total. The van der Waals surface area contributed by atoms with Crippen LogP contribution in [0.1, 0.15) is 15.2 Å². The van der Waals surface area contributed by atoms with Gasteiger partial charge in [0.05, 0.1) is 5.00 Å². The van der Waals surface area contributed by atoms with Gasteiger partial charge in [0.1, 0.15) is 4.88 Å². The molecule has 0 saturated heterocycles. The van der Waals surface area contributed by atoms with Gasteiger partial charge in [0, 0.05) is 13.6 Å². The van der Waals surface area contributed by atoms with E-state index in [0.717, 1.165) is 18.0 Å². The first-order chi connectivity index (χ1) is 8.66. The fourth-order valence-corrected chi connectivity index (χ4v) is 2.53. The van der Waals surface area contributed by atoms with Crippen molar-refractivity contribution in [3.63, 3.8) is 0 Å². The Hall–Kier alpha value is -1.81. The van der Waals surface area contributed by atoms with Gasteiger partial charge in [0.2, 0.25) is 0 Å². The molecule has 2 aromatic rings. The number of nitrogens with zero attached hydrogens (tertiary/aromatic N) is 1. The molecule has 4 heteroatoms. The Morgan fingerprint density at radius 3 is 2.56 bits per heavy atom. The number of hydrogen-bond donors (Lipinski definition) is 1. The van der Waals surface area contributed by atoms with Crippen LogP contribution in [-0.2, 0) is 6.42 Å². The normalized spacial score (nSPS) is 10.3. The lowest BCUT2D eigenvalue weighted by Crippen LogP contribution is -2.19. The Balaban J connectivity index is 1.95. The van der Waals surface area contributed by atoms with Crippen molar-refractivity contribution in [2.75, 3.05) is 18.5 Å². The van der Waals surface area contributed by atoms with E-state index in [9.17, 15) is 4.79 Å². The van der Waals surface area contributed by atoms with Gasteiger partial charge in [0.25, 0.3) is 0 Å². The highest BCUT2D eigenvalue weighted by Crippen LogP contribution is 2.25. The summed E-state index contributed by atoms with van der Waals surface area (Å²) in [5.41, 5.74) is 1.29. The molecule has 0 bridgehead atoms. The number of anilines is 1. The molecule has 2 rings (SSSR count). The SMILES string of the molecule is CN(CCc1ccccc1)c1ccc(C(=O)O)s1. The number of thiophene rings is 1. The van der Waals surface area contributed by atoms with Crippen LogP contribution in [-0.4, -0.2) is 24.7 Å². The minimum Gasteiger partial charge on any atom is -0.477 e. The van der Waals surface area contributed by atoms with E-state index in [0.29, 0.717) is 4.88 Å². The molecule has 0 spiro atoms. The summed E-state index contributed by atoms with van der Waals surface area (Å²) in [6.07, 6.45) is 0.956. The summed E-state index contributed by atoms with van der Waals surface area (Å²) in [6, 6.07) is 13.8. The monoisotopic (exact) mass is 261 g/mol. The van der Waals surface area contributed by atoms with E-state index in [1.807, 2.05) is 31.3 Å². The summed E-state index contributed by atoms with van der Waals surface area (Å²) < 4.78 is 0. The van der Waals surface area contributed by atoms with Crippen molar-refractivity contribution in [2.24, 2.45) is 0 Å². The van der Waals surface area contributed by atoms with Crippen molar-refractivity contribution >= 4 is 22.3 Å². The maximum atomic E-state index is 10.8. The van der Waals surface area contributed by atoms with Gasteiger partial charge in [-0.05, 0) is 24.1 Å². The first-order valence-electron chi connectivity index (χ1n) is 5.75. The van der Waals surface area contributed by atoms with Crippen LogP contribution in [0.4, 0.5) is 5.00 Å². The van der Waals surface area contributed by atoms with Gasteiger partial charge in [-0.25, -0.2) is 4.79 Å². The largest absolute Gasteiger partial charge is 0.477 e. The summed E-state index contributed by atoms with van der Waals surface area (Å²) in [5, 5.41) is 9.87. The summed E-state index contributed by atoms with van der Waals surface area (Å²) >= 11 is 1.31. The Labute approximate surface area is 110 Å². The number of carboxylic acids is 1. The number of carboxylic acid groups (broad SMARTS) is 1. The van der Waals surface area contributed by atoms with Gasteiger partial charge in [-0.3, -0.25) is 0 Å². The van der Waals surface area contributed by atoms with E-state index < -0.39 is 5.97 Å². The third-order valence-electron chi connectivity index (χ3n) is 2.76. The molecule has 0 atom stereocenters. The minimum atomic E-state index is -0.859. The highest BCUT2D eigenvalue weighted by molar-refractivity contribution is 7.17. The molecule has 3 nitrogen and oxygen atoms in total. The molecular formula is C14H15NO2S. The average Bonchev–Trinajstić information content (AvgIpc) is 2.87. The summed E-state index contributed by atoms with van der Waals surface area (Å²) in [5.74, 6) is -0.859. The number of carbonyl (C=O) groups is 1. The summed E-state index contributed by atoms with van der Waals surface area (Å²) in [6.45, 7) is 0.879. The quantitative estimate of drug-likeness (QED) is 0.899. The average molecular weight is 261 g/mol. The third-order valence-corrected chi connectivity index (χ3v) is 3.95. The van der Waals surface area contributed by atoms with Gasteiger partial charge in [0.15, 0.2) is 0 Å². The van der Waals surface area contributed by atoms with E-state index in [4.69, 9.17) is 5.11 Å². The van der Waals surface area contributed by atoms with Crippen molar-refractivity contribution in [2.45, 2.75) is 6.42 Å². The van der Waals surface area contributed by atoms with Crippen molar-refractivity contribution in [3.05, 3.63) is 52.9 Å². The number of hydrogen-bond acceptors (Lipinski definition) is 3. The van der Waals surface area contributed by atoms with E-state index in [1.165, 1.54) is 16.9 Å². The smallest absolute Gasteiger partial charge is 0.345 e. The maximum absolute atomic E-state index is 10.8. The van der Waals surface area contributed by atoms with E-state index in [2.05, 4.69) is 17.0 Å². The number of likely N-dealkylation sites (N-methyl/N-ethyl adjacent to an activating group) is 1. The molecule has 0 amide bonds. The van der Waals surface area contributed by atoms with Crippen LogP contribution in [0, 0.1) is 0 Å². The minimum absolute atomic E-state index is 0.386. The Morgan fingerprint density at radius 1 is 1.22 bits per heavy atom. The van der Waals surface area contributed by atoms with Gasteiger partial charge in [-0.15, -0.1) is 11.3 Å². The lowest BCUT2D eigenvalue weighted by molar-refractivity contribution is 0.0702. The van der Waals surface area contributed by atoms with Crippen molar-refractivity contribution in [1.29, 1.82) is 0 Å². The summed E-state index contributed by atoms with van der Waals surface area (Å²) in [4.78, 5) is 13.3. The topological polar surface area (TPSA) is 40.5 Å². The van der Waals surface area contributed by atoms with Crippen molar-refractivity contribution < 1.29 is 9.90 Å². The van der Waals surface area contributed by atoms with E-state index in [1.54, 1.807) is 6.07 Å². The van der Waals surface area contributed by atoms with Gasteiger partial charge in [-0.1, -0.05) is 30.3 Å². The fraction of sp³-hybridized carbons (Fsp3) is 0.214. The molecule has 1 heterocycles. The Kier molecular flexibility index (Phi) is 3.99. The molecule has 0 saturated carbocycles. The molecule has 18 heavy (non-hydrogen) atoms. The van der Waals surface area contributed by atoms with E-state index in [-0.39, 0.29) is 0 Å². The van der Waals surface area contributed by atoms with Crippen LogP contribution in [0.3, 0.4) is 0 Å². The molecule has 0 aliphatic heterocycles. The first kappa shape index (κ1) is 12.6. The van der Waals surface area contributed by atoms with Crippen LogP contribution < -0.4 is 4.90 Å². The van der Waals surface area contributed by atoms with Gasteiger partial charge in [-0.2, -0.15) is 0 Å². The molecule has 0 aliphatic rings. The first-order valence-corrected chi connectivity index (χ1v) is 6.56. The van der Waals surface area contributed by atoms with E-state index >= 15 is 0 Å². The number of benzene rings is 1. The van der Waals surface area contributed by atoms with Crippen molar-refractivity contribution in [1.82, 2.24) is 0 Å². The predicted octanol–water partition coefficient (Wildman–Crippen LogP) is 3.13. The van der Waals surface area contributed by atoms with Crippen LogP contribution in [0.15, 0.2) is 42.5 Å². The molecular weight excluding hydrogens is 246 g/mol. The molecule has 1 aromatic carbocycles. The van der Waals surface area contributed by atoms with Crippen LogP contribution in [0.25, 0.3) is 0 Å². The second-order valence-electron chi connectivity index (χ2n) is 4.10. The fourth-order valence-electron chi connectivity index (χ4n) is 1.70. The third kappa shape index (κ3) is 3.11. The molecule has 1 aromatic heterocycles. The molecule has 0 radical (unpaired) electrons. The van der Waals surface area contributed by atoms with Gasteiger partial charge >= 0.3 is 5.97 Å². The summed E-state index contributed by atoms with van der Waals surface area (Å²) in [7, 11) is 1.99.